The third kappa shape index (κ3) is 4.17. The first-order chi connectivity index (χ1) is 14.9. The van der Waals surface area contributed by atoms with Crippen molar-refractivity contribution in [1.82, 2.24) is 24.8 Å². The molecule has 0 saturated carbocycles. The Morgan fingerprint density at radius 3 is 2.61 bits per heavy atom. The number of hydrogen-bond donors (Lipinski definition) is 1. The highest BCUT2D eigenvalue weighted by molar-refractivity contribution is 6.03. The van der Waals surface area contributed by atoms with Gasteiger partial charge in [0.15, 0.2) is 5.69 Å². The first-order valence-electron chi connectivity index (χ1n) is 9.49. The molecular weight excluding hydrogens is 398 g/mol. The maximum Gasteiger partial charge on any atom is 0.279 e. The lowest BCUT2D eigenvalue weighted by Crippen LogP contribution is -2.17. The molecule has 31 heavy (non-hydrogen) atoms. The number of nitrogens with one attached hydrogen (secondary N) is 1. The van der Waals surface area contributed by atoms with E-state index in [4.69, 9.17) is 0 Å². The molecule has 0 fully saturated rings. The second-order valence-corrected chi connectivity index (χ2v) is 6.98. The predicted molar refractivity (Wildman–Crippen MR) is 113 cm³/mol. The lowest BCUT2D eigenvalue weighted by atomic mass is 10.2. The molecule has 0 aliphatic carbocycles. The van der Waals surface area contributed by atoms with Crippen molar-refractivity contribution in [2.24, 2.45) is 0 Å². The van der Waals surface area contributed by atoms with Crippen molar-refractivity contribution < 1.29 is 9.72 Å². The van der Waals surface area contributed by atoms with E-state index in [1.807, 2.05) is 37.3 Å². The molecule has 0 unspecified atom stereocenters. The molecule has 0 aliphatic rings. The van der Waals surface area contributed by atoms with Gasteiger partial charge in [-0.05, 0) is 25.5 Å². The fourth-order valence-corrected chi connectivity index (χ4v) is 3.22. The van der Waals surface area contributed by atoms with Gasteiger partial charge < -0.3 is 5.32 Å². The number of aryl methyl sites for hydroxylation is 1. The second-order valence-electron chi connectivity index (χ2n) is 6.98. The smallest absolute Gasteiger partial charge is 0.279 e. The zero-order valence-electron chi connectivity index (χ0n) is 16.9. The summed E-state index contributed by atoms with van der Waals surface area (Å²) in [6.45, 7) is 4.03. The molecular formula is C21H19N7O3. The van der Waals surface area contributed by atoms with Gasteiger partial charge in [-0.25, -0.2) is 9.36 Å². The van der Waals surface area contributed by atoms with Crippen LogP contribution in [0.15, 0.2) is 60.7 Å². The largest absolute Gasteiger partial charge is 0.305 e. The number of benzene rings is 2. The van der Waals surface area contributed by atoms with E-state index in [0.717, 1.165) is 11.3 Å². The van der Waals surface area contributed by atoms with E-state index < -0.39 is 10.8 Å². The van der Waals surface area contributed by atoms with Crippen LogP contribution in [0.5, 0.6) is 0 Å². The molecule has 4 aromatic rings. The summed E-state index contributed by atoms with van der Waals surface area (Å²) in [5, 5.41) is 26.3. The summed E-state index contributed by atoms with van der Waals surface area (Å²) in [6, 6.07) is 17.6. The van der Waals surface area contributed by atoms with Crippen molar-refractivity contribution in [3.63, 3.8) is 0 Å². The van der Waals surface area contributed by atoms with Crippen molar-refractivity contribution in [2.75, 3.05) is 5.32 Å². The highest BCUT2D eigenvalue weighted by Gasteiger charge is 2.20. The molecule has 10 heteroatoms. The Kier molecular flexibility index (Phi) is 5.27. The Hall–Kier alpha value is -4.34. The second kappa shape index (κ2) is 8.19. The van der Waals surface area contributed by atoms with E-state index in [1.54, 1.807) is 29.8 Å². The molecule has 1 N–H and O–H groups in total. The number of anilines is 1. The molecule has 2 aromatic heterocycles. The Balaban J connectivity index is 1.58. The van der Waals surface area contributed by atoms with Gasteiger partial charge in [-0.1, -0.05) is 41.6 Å². The fraction of sp³-hybridized carbons (Fsp3) is 0.143. The molecule has 1 amide bonds. The monoisotopic (exact) mass is 417 g/mol. The van der Waals surface area contributed by atoms with Crippen LogP contribution < -0.4 is 5.32 Å². The number of aromatic nitrogens is 5. The van der Waals surface area contributed by atoms with E-state index >= 15 is 0 Å². The topological polar surface area (TPSA) is 121 Å². The van der Waals surface area contributed by atoms with Gasteiger partial charge >= 0.3 is 0 Å². The first kappa shape index (κ1) is 20.0. The van der Waals surface area contributed by atoms with Crippen molar-refractivity contribution in [3.05, 3.63) is 93.4 Å². The van der Waals surface area contributed by atoms with Gasteiger partial charge in [0.2, 0.25) is 0 Å². The standard InChI is InChI=1S/C21H19N7O3/c1-14-11-19(26(24-14)13-16-7-4-3-5-8-16)22-21(29)20-15(2)27(25-23-20)17-9-6-10-18(12-17)28(30)31/h3-12H,13H2,1-2H3,(H,22,29). The Morgan fingerprint density at radius 1 is 1.10 bits per heavy atom. The summed E-state index contributed by atoms with van der Waals surface area (Å²) in [6.07, 6.45) is 0. The molecule has 0 saturated heterocycles. The minimum atomic E-state index is -0.487. The molecule has 10 nitrogen and oxygen atoms in total. The molecule has 2 aromatic carbocycles. The van der Waals surface area contributed by atoms with E-state index in [2.05, 4.69) is 20.7 Å². The number of non-ortho nitro benzene ring substituents is 1. The number of nitro benzene ring substituents is 1. The number of amides is 1. The molecule has 0 atom stereocenters. The maximum absolute atomic E-state index is 12.9. The summed E-state index contributed by atoms with van der Waals surface area (Å²) in [7, 11) is 0. The van der Waals surface area contributed by atoms with E-state index in [0.29, 0.717) is 23.7 Å². The van der Waals surface area contributed by atoms with E-state index in [9.17, 15) is 14.9 Å². The lowest BCUT2D eigenvalue weighted by Gasteiger charge is -2.09. The number of carbonyl (C=O) groups excluding carboxylic acids is 1. The summed E-state index contributed by atoms with van der Waals surface area (Å²) in [5.74, 6) is 0.0963. The summed E-state index contributed by atoms with van der Waals surface area (Å²) in [5.41, 5.74) is 2.78. The average molecular weight is 417 g/mol. The molecule has 2 heterocycles. The summed E-state index contributed by atoms with van der Waals surface area (Å²) >= 11 is 0. The Morgan fingerprint density at radius 2 is 1.87 bits per heavy atom. The van der Waals surface area contributed by atoms with E-state index in [1.165, 1.54) is 16.8 Å². The van der Waals surface area contributed by atoms with E-state index in [-0.39, 0.29) is 11.4 Å². The van der Waals surface area contributed by atoms with Crippen molar-refractivity contribution in [1.29, 1.82) is 0 Å². The molecule has 0 bridgehead atoms. The quantitative estimate of drug-likeness (QED) is 0.380. The number of carbonyl (C=O) groups is 1. The zero-order valence-corrected chi connectivity index (χ0v) is 16.9. The van der Waals surface area contributed by atoms with Crippen LogP contribution in [-0.4, -0.2) is 35.6 Å². The average Bonchev–Trinajstić information content (AvgIpc) is 3.30. The van der Waals surface area contributed by atoms with Gasteiger partial charge in [0, 0.05) is 18.2 Å². The molecule has 4 rings (SSSR count). The Labute approximate surface area is 177 Å². The Bertz CT molecular complexity index is 1260. The first-order valence-corrected chi connectivity index (χ1v) is 9.49. The highest BCUT2D eigenvalue weighted by Crippen LogP contribution is 2.19. The van der Waals surface area contributed by atoms with Crippen LogP contribution in [0, 0.1) is 24.0 Å². The number of hydrogen-bond acceptors (Lipinski definition) is 6. The number of rotatable bonds is 6. The van der Waals surface area contributed by atoms with Crippen LogP contribution >= 0.6 is 0 Å². The number of nitro groups is 1. The van der Waals surface area contributed by atoms with Gasteiger partial charge in [-0.15, -0.1) is 5.10 Å². The van der Waals surface area contributed by atoms with Gasteiger partial charge in [-0.2, -0.15) is 5.10 Å². The normalized spacial score (nSPS) is 10.8. The van der Waals surface area contributed by atoms with Gasteiger partial charge in [0.25, 0.3) is 11.6 Å². The van der Waals surface area contributed by atoms with Crippen LogP contribution in [0.3, 0.4) is 0 Å². The summed E-state index contributed by atoms with van der Waals surface area (Å²) in [4.78, 5) is 23.4. The SMILES string of the molecule is Cc1cc(NC(=O)c2nnn(-c3cccc([N+](=O)[O-])c3)c2C)n(Cc2ccccc2)n1. The molecule has 0 spiro atoms. The van der Waals surface area contributed by atoms with Crippen molar-refractivity contribution in [2.45, 2.75) is 20.4 Å². The van der Waals surface area contributed by atoms with Gasteiger partial charge in [-0.3, -0.25) is 14.9 Å². The van der Waals surface area contributed by atoms with Gasteiger partial charge in [0.1, 0.15) is 5.82 Å². The molecule has 0 radical (unpaired) electrons. The zero-order chi connectivity index (χ0) is 22.0. The molecule has 156 valence electrons. The minimum absolute atomic E-state index is 0.0707. The molecule has 0 aliphatic heterocycles. The van der Waals surface area contributed by atoms with Crippen LogP contribution in [0.25, 0.3) is 5.69 Å². The number of nitrogens with zero attached hydrogens (tertiary/aromatic N) is 6. The fourth-order valence-electron chi connectivity index (χ4n) is 3.22. The van der Waals surface area contributed by atoms with Crippen LogP contribution in [0.2, 0.25) is 0 Å². The highest BCUT2D eigenvalue weighted by atomic mass is 16.6. The van der Waals surface area contributed by atoms with Gasteiger partial charge in [0.05, 0.1) is 28.5 Å². The van der Waals surface area contributed by atoms with Crippen LogP contribution in [-0.2, 0) is 6.54 Å². The lowest BCUT2D eigenvalue weighted by molar-refractivity contribution is -0.384. The third-order valence-electron chi connectivity index (χ3n) is 4.71. The van der Waals surface area contributed by atoms with Crippen molar-refractivity contribution in [3.8, 4) is 5.69 Å². The predicted octanol–water partition coefficient (Wildman–Crippen LogP) is 3.29. The maximum atomic E-state index is 12.9. The van der Waals surface area contributed by atoms with Crippen molar-refractivity contribution >= 4 is 17.4 Å². The summed E-state index contributed by atoms with van der Waals surface area (Å²) < 4.78 is 3.11. The minimum Gasteiger partial charge on any atom is -0.305 e. The van der Waals surface area contributed by atoms with Crippen LogP contribution in [0.4, 0.5) is 11.5 Å². The van der Waals surface area contributed by atoms with Crippen LogP contribution in [0.1, 0.15) is 27.4 Å². The third-order valence-corrected chi connectivity index (χ3v) is 4.71.